The van der Waals surface area contributed by atoms with Gasteiger partial charge >= 0.3 is 12.0 Å². The first-order valence-electron chi connectivity index (χ1n) is 5.43. The van der Waals surface area contributed by atoms with Crippen LogP contribution in [0.2, 0.25) is 0 Å². The fourth-order valence-corrected chi connectivity index (χ4v) is 1.29. The molecule has 17 heavy (non-hydrogen) atoms. The monoisotopic (exact) mass is 236 g/mol. The van der Waals surface area contributed by atoms with Gasteiger partial charge in [-0.25, -0.2) is 4.79 Å². The average molecular weight is 236 g/mol. The van der Waals surface area contributed by atoms with Crippen molar-refractivity contribution >= 4 is 12.0 Å². The Morgan fingerprint density at radius 2 is 1.71 bits per heavy atom. The average Bonchev–Trinajstić information content (AvgIpc) is 2.34. The van der Waals surface area contributed by atoms with Gasteiger partial charge in [-0.1, -0.05) is 31.2 Å². The van der Waals surface area contributed by atoms with Gasteiger partial charge in [-0.2, -0.15) is 0 Å². The number of hydrogen-bond donors (Lipinski definition) is 3. The minimum absolute atomic E-state index is 0.374. The van der Waals surface area contributed by atoms with Crippen molar-refractivity contribution in [3.8, 4) is 0 Å². The summed E-state index contributed by atoms with van der Waals surface area (Å²) in [5.41, 5.74) is 2.22. The van der Waals surface area contributed by atoms with E-state index in [-0.39, 0.29) is 6.54 Å². The van der Waals surface area contributed by atoms with Crippen LogP contribution in [0.3, 0.4) is 0 Å². The summed E-state index contributed by atoms with van der Waals surface area (Å²) in [4.78, 5) is 21.4. The number of aryl methyl sites for hydroxylation is 1. The lowest BCUT2D eigenvalue weighted by molar-refractivity contribution is -0.135. The fraction of sp³-hybridized carbons (Fsp3) is 0.333. The normalized spacial score (nSPS) is 9.71. The highest BCUT2D eigenvalue weighted by Crippen LogP contribution is 2.04. The predicted octanol–water partition coefficient (Wildman–Crippen LogP) is 1.13. The first kappa shape index (κ1) is 13.0. The molecule has 92 valence electrons. The van der Waals surface area contributed by atoms with Crippen LogP contribution in [0.1, 0.15) is 18.1 Å². The van der Waals surface area contributed by atoms with Crippen LogP contribution in [-0.2, 0) is 17.8 Å². The van der Waals surface area contributed by atoms with Crippen LogP contribution in [0.5, 0.6) is 0 Å². The van der Waals surface area contributed by atoms with Crippen LogP contribution < -0.4 is 10.6 Å². The van der Waals surface area contributed by atoms with Gasteiger partial charge in [-0.15, -0.1) is 0 Å². The lowest BCUT2D eigenvalue weighted by atomic mass is 10.1. The second-order valence-electron chi connectivity index (χ2n) is 3.60. The lowest BCUT2D eigenvalue weighted by Gasteiger charge is -2.06. The number of carboxylic acids is 1. The van der Waals surface area contributed by atoms with Crippen molar-refractivity contribution in [2.75, 3.05) is 6.54 Å². The predicted molar refractivity (Wildman–Crippen MR) is 63.7 cm³/mol. The summed E-state index contributed by atoms with van der Waals surface area (Å²) in [6.07, 6.45) is 0.979. The van der Waals surface area contributed by atoms with Crippen LogP contribution >= 0.6 is 0 Å². The number of amides is 2. The number of rotatable bonds is 5. The van der Waals surface area contributed by atoms with Crippen molar-refractivity contribution in [2.45, 2.75) is 19.9 Å². The third-order valence-corrected chi connectivity index (χ3v) is 2.28. The molecule has 0 heterocycles. The molecule has 0 saturated heterocycles. The molecule has 0 atom stereocenters. The van der Waals surface area contributed by atoms with E-state index in [0.29, 0.717) is 6.54 Å². The smallest absolute Gasteiger partial charge is 0.323 e. The van der Waals surface area contributed by atoms with E-state index in [1.54, 1.807) is 0 Å². The first-order valence-corrected chi connectivity index (χ1v) is 5.43. The Balaban J connectivity index is 2.34. The third kappa shape index (κ3) is 5.01. The molecule has 2 amide bonds. The summed E-state index contributed by atoms with van der Waals surface area (Å²) < 4.78 is 0. The zero-order valence-electron chi connectivity index (χ0n) is 9.69. The van der Waals surface area contributed by atoms with E-state index in [4.69, 9.17) is 5.11 Å². The Bertz CT molecular complexity index is 387. The molecule has 0 fully saturated rings. The fourth-order valence-electron chi connectivity index (χ4n) is 1.29. The van der Waals surface area contributed by atoms with Crippen molar-refractivity contribution in [1.29, 1.82) is 0 Å². The van der Waals surface area contributed by atoms with E-state index in [9.17, 15) is 9.59 Å². The van der Waals surface area contributed by atoms with Crippen LogP contribution in [0.15, 0.2) is 24.3 Å². The van der Waals surface area contributed by atoms with E-state index in [2.05, 4.69) is 17.6 Å². The number of hydrogen-bond acceptors (Lipinski definition) is 2. The Hall–Kier alpha value is -2.04. The molecule has 1 aromatic rings. The highest BCUT2D eigenvalue weighted by Gasteiger charge is 2.02. The second-order valence-corrected chi connectivity index (χ2v) is 3.60. The molecule has 1 rings (SSSR count). The van der Waals surface area contributed by atoms with Crippen molar-refractivity contribution < 1.29 is 14.7 Å². The van der Waals surface area contributed by atoms with Gasteiger partial charge in [0.15, 0.2) is 0 Å². The van der Waals surface area contributed by atoms with Gasteiger partial charge in [0.2, 0.25) is 0 Å². The molecular weight excluding hydrogens is 220 g/mol. The molecule has 0 aliphatic carbocycles. The van der Waals surface area contributed by atoms with Gasteiger partial charge in [0.25, 0.3) is 0 Å². The van der Waals surface area contributed by atoms with Crippen LogP contribution in [0.4, 0.5) is 4.79 Å². The number of aliphatic carboxylic acids is 1. The Kier molecular flexibility index (Phi) is 5.00. The molecule has 0 bridgehead atoms. The lowest BCUT2D eigenvalue weighted by Crippen LogP contribution is -2.37. The molecule has 0 unspecified atom stereocenters. The zero-order chi connectivity index (χ0) is 12.7. The van der Waals surface area contributed by atoms with Crippen molar-refractivity contribution in [3.63, 3.8) is 0 Å². The van der Waals surface area contributed by atoms with Crippen molar-refractivity contribution in [1.82, 2.24) is 10.6 Å². The standard InChI is InChI=1S/C12H16N2O3/c1-2-9-3-5-10(6-4-9)7-13-12(17)14-8-11(15)16/h3-6H,2,7-8H2,1H3,(H,15,16)(H2,13,14,17). The first-order chi connectivity index (χ1) is 8.11. The van der Waals surface area contributed by atoms with Gasteiger partial charge in [-0.05, 0) is 17.5 Å². The maximum atomic E-state index is 11.2. The van der Waals surface area contributed by atoms with Gasteiger partial charge < -0.3 is 15.7 Å². The largest absolute Gasteiger partial charge is 0.480 e. The number of urea groups is 1. The Morgan fingerprint density at radius 3 is 2.24 bits per heavy atom. The molecule has 0 aromatic heterocycles. The summed E-state index contributed by atoms with van der Waals surface area (Å²) in [5.74, 6) is -1.06. The summed E-state index contributed by atoms with van der Waals surface area (Å²) in [7, 11) is 0. The van der Waals surface area contributed by atoms with Gasteiger partial charge in [0, 0.05) is 6.54 Å². The molecule has 5 nitrogen and oxygen atoms in total. The zero-order valence-corrected chi connectivity index (χ0v) is 9.69. The number of nitrogens with one attached hydrogen (secondary N) is 2. The topological polar surface area (TPSA) is 78.4 Å². The molecule has 1 aromatic carbocycles. The summed E-state index contributed by atoms with van der Waals surface area (Å²) in [5, 5.41) is 13.2. The minimum Gasteiger partial charge on any atom is -0.480 e. The molecular formula is C12H16N2O3. The second kappa shape index (κ2) is 6.52. The van der Waals surface area contributed by atoms with E-state index in [1.165, 1.54) is 5.56 Å². The van der Waals surface area contributed by atoms with E-state index in [0.717, 1.165) is 12.0 Å². The molecule has 0 spiro atoms. The number of carboxylic acid groups (broad SMARTS) is 1. The Labute approximate surface area is 99.8 Å². The number of carbonyl (C=O) groups is 2. The van der Waals surface area contributed by atoms with Crippen molar-refractivity contribution in [3.05, 3.63) is 35.4 Å². The van der Waals surface area contributed by atoms with Gasteiger partial charge in [0.05, 0.1) is 0 Å². The quantitative estimate of drug-likeness (QED) is 0.717. The number of carbonyl (C=O) groups excluding carboxylic acids is 1. The molecule has 0 radical (unpaired) electrons. The van der Waals surface area contributed by atoms with Crippen LogP contribution in [0.25, 0.3) is 0 Å². The molecule has 5 heteroatoms. The summed E-state index contributed by atoms with van der Waals surface area (Å²) in [6.45, 7) is 2.09. The molecule has 3 N–H and O–H groups in total. The Morgan fingerprint density at radius 1 is 1.12 bits per heavy atom. The van der Waals surface area contributed by atoms with E-state index in [1.807, 2.05) is 24.3 Å². The van der Waals surface area contributed by atoms with Crippen LogP contribution in [-0.4, -0.2) is 23.7 Å². The maximum absolute atomic E-state index is 11.2. The van der Waals surface area contributed by atoms with E-state index < -0.39 is 12.0 Å². The molecule has 0 saturated carbocycles. The summed E-state index contributed by atoms with van der Waals surface area (Å²) >= 11 is 0. The molecule has 0 aliphatic heterocycles. The maximum Gasteiger partial charge on any atom is 0.323 e. The summed E-state index contributed by atoms with van der Waals surface area (Å²) in [6, 6.07) is 7.41. The highest BCUT2D eigenvalue weighted by atomic mass is 16.4. The van der Waals surface area contributed by atoms with Gasteiger partial charge in [0.1, 0.15) is 6.54 Å². The minimum atomic E-state index is -1.06. The third-order valence-electron chi connectivity index (χ3n) is 2.28. The molecule has 0 aliphatic rings. The highest BCUT2D eigenvalue weighted by molar-refractivity contribution is 5.79. The van der Waals surface area contributed by atoms with Gasteiger partial charge in [-0.3, -0.25) is 4.79 Å². The van der Waals surface area contributed by atoms with Crippen LogP contribution in [0, 0.1) is 0 Å². The van der Waals surface area contributed by atoms with Crippen molar-refractivity contribution in [2.24, 2.45) is 0 Å². The number of benzene rings is 1. The SMILES string of the molecule is CCc1ccc(CNC(=O)NCC(=O)O)cc1. The van der Waals surface area contributed by atoms with E-state index >= 15 is 0 Å².